The number of carbonyl (C=O) groups excluding carboxylic acids is 1. The number of rotatable bonds is 5. The van der Waals surface area contributed by atoms with Gasteiger partial charge in [-0.3, -0.25) is 4.79 Å². The molecule has 0 saturated carbocycles. The minimum atomic E-state index is -0.607. The summed E-state index contributed by atoms with van der Waals surface area (Å²) in [6.45, 7) is 5.66. The Balaban J connectivity index is 2.27. The zero-order valence-electron chi connectivity index (χ0n) is 12.8. The number of benzene rings is 1. The Bertz CT molecular complexity index is 654. The summed E-state index contributed by atoms with van der Waals surface area (Å²) in [5.41, 5.74) is 0.872. The molecule has 0 saturated heterocycles. The highest BCUT2D eigenvalue weighted by Gasteiger charge is 2.23. The molecule has 2 aromatic rings. The fraction of sp³-hybridized carbons (Fsp3) is 0.400. The summed E-state index contributed by atoms with van der Waals surface area (Å²) in [5.74, 6) is -0.269. The molecule has 7 heteroatoms. The molecule has 1 aromatic heterocycles. The van der Waals surface area contributed by atoms with Gasteiger partial charge >= 0.3 is 0 Å². The van der Waals surface area contributed by atoms with Crippen LogP contribution in [-0.2, 0) is 0 Å². The van der Waals surface area contributed by atoms with Crippen molar-refractivity contribution in [3.8, 4) is 5.69 Å². The lowest BCUT2D eigenvalue weighted by atomic mass is 10.2. The van der Waals surface area contributed by atoms with Gasteiger partial charge in [0.2, 0.25) is 0 Å². The minimum absolute atomic E-state index is 0.0486. The van der Waals surface area contributed by atoms with E-state index in [1.54, 1.807) is 30.2 Å². The number of aliphatic hydroxyl groups excluding tert-OH is 1. The summed E-state index contributed by atoms with van der Waals surface area (Å²) >= 11 is 6.11. The van der Waals surface area contributed by atoms with Crippen molar-refractivity contribution in [3.63, 3.8) is 0 Å². The molecule has 1 amide bonds. The molecule has 6 nitrogen and oxygen atoms in total. The van der Waals surface area contributed by atoms with Gasteiger partial charge in [0.05, 0.1) is 23.0 Å². The number of carbonyl (C=O) groups is 1. The largest absolute Gasteiger partial charge is 0.392 e. The van der Waals surface area contributed by atoms with Gasteiger partial charge in [0.1, 0.15) is 0 Å². The summed E-state index contributed by atoms with van der Waals surface area (Å²) in [6, 6.07) is 7.14. The molecular formula is C15H19ClN4O2. The lowest BCUT2D eigenvalue weighted by molar-refractivity contribution is 0.0573. The van der Waals surface area contributed by atoms with Crippen LogP contribution in [0.5, 0.6) is 0 Å². The molecule has 1 aromatic carbocycles. The van der Waals surface area contributed by atoms with Crippen molar-refractivity contribution in [1.29, 1.82) is 0 Å². The van der Waals surface area contributed by atoms with Crippen LogP contribution in [0.25, 0.3) is 5.69 Å². The molecule has 0 spiro atoms. The maximum absolute atomic E-state index is 12.5. The number of hydrogen-bond donors (Lipinski definition) is 1. The third kappa shape index (κ3) is 3.64. The summed E-state index contributed by atoms with van der Waals surface area (Å²) in [7, 11) is 0. The normalized spacial score (nSPS) is 12.5. The van der Waals surface area contributed by atoms with E-state index in [4.69, 9.17) is 11.6 Å². The van der Waals surface area contributed by atoms with Gasteiger partial charge < -0.3 is 10.0 Å². The van der Waals surface area contributed by atoms with Crippen LogP contribution in [0.2, 0.25) is 5.02 Å². The van der Waals surface area contributed by atoms with Crippen molar-refractivity contribution < 1.29 is 9.90 Å². The highest BCUT2D eigenvalue weighted by Crippen LogP contribution is 2.19. The van der Waals surface area contributed by atoms with Gasteiger partial charge in [-0.15, -0.1) is 5.10 Å². The monoisotopic (exact) mass is 322 g/mol. The zero-order chi connectivity index (χ0) is 16.3. The smallest absolute Gasteiger partial charge is 0.276 e. The van der Waals surface area contributed by atoms with Gasteiger partial charge in [0, 0.05) is 12.6 Å². The maximum Gasteiger partial charge on any atom is 0.276 e. The minimum Gasteiger partial charge on any atom is -0.392 e. The molecule has 22 heavy (non-hydrogen) atoms. The number of aromatic nitrogens is 3. The van der Waals surface area contributed by atoms with Gasteiger partial charge in [-0.2, -0.15) is 0 Å². The van der Waals surface area contributed by atoms with Gasteiger partial charge in [0.25, 0.3) is 5.91 Å². The van der Waals surface area contributed by atoms with E-state index in [0.717, 1.165) is 0 Å². The molecule has 0 aliphatic rings. The third-order valence-electron chi connectivity index (χ3n) is 3.16. The third-order valence-corrected chi connectivity index (χ3v) is 3.48. The van der Waals surface area contributed by atoms with Crippen molar-refractivity contribution in [1.82, 2.24) is 19.9 Å². The summed E-state index contributed by atoms with van der Waals surface area (Å²) in [6.07, 6.45) is 0.936. The second-order valence-corrected chi connectivity index (χ2v) is 5.81. The standard InChI is InChI=1S/C15H19ClN4O2/c1-10(2)19(8-11(3)21)15(22)13-9-20(18-17-13)14-7-5-4-6-12(14)16/h4-7,9-11,21H,8H2,1-3H3. The van der Waals surface area contributed by atoms with E-state index >= 15 is 0 Å². The van der Waals surface area contributed by atoms with E-state index < -0.39 is 6.10 Å². The Morgan fingerprint density at radius 1 is 1.36 bits per heavy atom. The van der Waals surface area contributed by atoms with Crippen molar-refractivity contribution in [3.05, 3.63) is 41.2 Å². The molecule has 1 unspecified atom stereocenters. The highest BCUT2D eigenvalue weighted by molar-refractivity contribution is 6.32. The molecule has 0 bridgehead atoms. The molecule has 2 rings (SSSR count). The summed E-state index contributed by atoms with van der Waals surface area (Å²) < 4.78 is 1.47. The first-order valence-electron chi connectivity index (χ1n) is 7.06. The van der Waals surface area contributed by atoms with Crippen LogP contribution in [0.1, 0.15) is 31.3 Å². The maximum atomic E-state index is 12.5. The molecule has 0 aliphatic heterocycles. The van der Waals surface area contributed by atoms with Crippen LogP contribution in [-0.4, -0.2) is 49.6 Å². The molecule has 1 N–H and O–H groups in total. The van der Waals surface area contributed by atoms with E-state index in [-0.39, 0.29) is 24.2 Å². The first-order valence-corrected chi connectivity index (χ1v) is 7.44. The van der Waals surface area contributed by atoms with E-state index in [1.807, 2.05) is 26.0 Å². The van der Waals surface area contributed by atoms with Crippen LogP contribution in [0.4, 0.5) is 0 Å². The predicted octanol–water partition coefficient (Wildman–Crippen LogP) is 2.15. The Labute approximate surface area is 134 Å². The first kappa shape index (κ1) is 16.5. The lowest BCUT2D eigenvalue weighted by Gasteiger charge is -2.26. The number of para-hydroxylation sites is 1. The Morgan fingerprint density at radius 2 is 2.05 bits per heavy atom. The fourth-order valence-corrected chi connectivity index (χ4v) is 2.30. The molecule has 1 atom stereocenters. The van der Waals surface area contributed by atoms with Crippen molar-refractivity contribution in [2.24, 2.45) is 0 Å². The first-order chi connectivity index (χ1) is 10.4. The highest BCUT2D eigenvalue weighted by atomic mass is 35.5. The topological polar surface area (TPSA) is 71.2 Å². The van der Waals surface area contributed by atoms with Crippen molar-refractivity contribution in [2.45, 2.75) is 32.9 Å². The molecule has 118 valence electrons. The van der Waals surface area contributed by atoms with Crippen LogP contribution < -0.4 is 0 Å². The molecule has 1 heterocycles. The number of nitrogens with zero attached hydrogens (tertiary/aromatic N) is 4. The zero-order valence-corrected chi connectivity index (χ0v) is 13.5. The SMILES string of the molecule is CC(O)CN(C(=O)c1cn(-c2ccccc2Cl)nn1)C(C)C. The van der Waals surface area contributed by atoms with Gasteiger partial charge in [0.15, 0.2) is 5.69 Å². The van der Waals surface area contributed by atoms with Crippen LogP contribution in [0.3, 0.4) is 0 Å². The lowest BCUT2D eigenvalue weighted by Crippen LogP contribution is -2.41. The van der Waals surface area contributed by atoms with E-state index in [1.165, 1.54) is 4.68 Å². The van der Waals surface area contributed by atoms with Gasteiger partial charge in [-0.25, -0.2) is 4.68 Å². The Hall–Kier alpha value is -1.92. The second-order valence-electron chi connectivity index (χ2n) is 5.40. The molecule has 0 radical (unpaired) electrons. The van der Waals surface area contributed by atoms with Gasteiger partial charge in [-0.05, 0) is 32.9 Å². The predicted molar refractivity (Wildman–Crippen MR) is 84.2 cm³/mol. The van der Waals surface area contributed by atoms with Crippen LogP contribution >= 0.6 is 11.6 Å². The van der Waals surface area contributed by atoms with E-state index in [2.05, 4.69) is 10.3 Å². The van der Waals surface area contributed by atoms with E-state index in [0.29, 0.717) is 10.7 Å². The Morgan fingerprint density at radius 3 is 2.64 bits per heavy atom. The van der Waals surface area contributed by atoms with Crippen LogP contribution in [0.15, 0.2) is 30.5 Å². The fourth-order valence-electron chi connectivity index (χ4n) is 2.08. The van der Waals surface area contributed by atoms with Gasteiger partial charge in [-0.1, -0.05) is 28.9 Å². The average molecular weight is 323 g/mol. The molecule has 0 aliphatic carbocycles. The number of halogens is 1. The number of amides is 1. The number of hydrogen-bond acceptors (Lipinski definition) is 4. The summed E-state index contributed by atoms with van der Waals surface area (Å²) in [4.78, 5) is 14.1. The van der Waals surface area contributed by atoms with Crippen molar-refractivity contribution in [2.75, 3.05) is 6.54 Å². The molecule has 0 fully saturated rings. The van der Waals surface area contributed by atoms with Crippen molar-refractivity contribution >= 4 is 17.5 Å². The number of aliphatic hydroxyl groups is 1. The molecular weight excluding hydrogens is 304 g/mol. The van der Waals surface area contributed by atoms with E-state index in [9.17, 15) is 9.90 Å². The van der Waals surface area contributed by atoms with Crippen LogP contribution in [0, 0.1) is 0 Å². The second kappa shape index (κ2) is 6.89. The average Bonchev–Trinajstić information content (AvgIpc) is 2.93. The summed E-state index contributed by atoms with van der Waals surface area (Å²) in [5, 5.41) is 17.9. The Kier molecular flexibility index (Phi) is 5.15. The quantitative estimate of drug-likeness (QED) is 0.915.